The van der Waals surface area contributed by atoms with E-state index in [1.54, 1.807) is 0 Å². The lowest BCUT2D eigenvalue weighted by Gasteiger charge is -2.12. The molecule has 1 heterocycles. The molecule has 0 saturated heterocycles. The van der Waals surface area contributed by atoms with E-state index >= 15 is 0 Å². The molecule has 0 bridgehead atoms. The van der Waals surface area contributed by atoms with Crippen LogP contribution in [0.2, 0.25) is 0 Å². The summed E-state index contributed by atoms with van der Waals surface area (Å²) in [5.74, 6) is 1.90. The van der Waals surface area contributed by atoms with Crippen molar-refractivity contribution in [3.8, 4) is 11.5 Å². The van der Waals surface area contributed by atoms with E-state index in [-0.39, 0.29) is 0 Å². The molecule has 106 valence electrons. The van der Waals surface area contributed by atoms with Crippen molar-refractivity contribution < 1.29 is 4.74 Å². The molecule has 0 atom stereocenters. The van der Waals surface area contributed by atoms with Gasteiger partial charge in [0.15, 0.2) is 0 Å². The van der Waals surface area contributed by atoms with Gasteiger partial charge < -0.3 is 4.74 Å². The molecule has 4 heteroatoms. The summed E-state index contributed by atoms with van der Waals surface area (Å²) in [5.41, 5.74) is 2.86. The number of aryl methyl sites for hydroxylation is 1. The quantitative estimate of drug-likeness (QED) is 0.546. The molecule has 2 nitrogen and oxygen atoms in total. The molecule has 3 aromatic rings. The summed E-state index contributed by atoms with van der Waals surface area (Å²) in [6, 6.07) is 15.8. The van der Waals surface area contributed by atoms with Crippen LogP contribution in [0.15, 0.2) is 53.0 Å². The minimum absolute atomic E-state index is 0.357. The number of hydrogen-bond donors (Lipinski definition) is 0. The SMILES string of the molecule is Cc1ccc(Oc2cc(CCl)nc3ccccc23)c(Br)c1. The van der Waals surface area contributed by atoms with E-state index < -0.39 is 0 Å². The van der Waals surface area contributed by atoms with Crippen LogP contribution in [0, 0.1) is 6.92 Å². The third-order valence-corrected chi connectivity index (χ3v) is 4.07. The van der Waals surface area contributed by atoms with E-state index in [4.69, 9.17) is 16.3 Å². The second-order valence-corrected chi connectivity index (χ2v) is 5.92. The molecule has 2 aromatic carbocycles. The van der Waals surface area contributed by atoms with Crippen molar-refractivity contribution in [2.45, 2.75) is 12.8 Å². The highest BCUT2D eigenvalue weighted by Gasteiger charge is 2.09. The predicted molar refractivity (Wildman–Crippen MR) is 90.3 cm³/mol. The van der Waals surface area contributed by atoms with Crippen LogP contribution in [-0.2, 0) is 5.88 Å². The second-order valence-electron chi connectivity index (χ2n) is 4.80. The van der Waals surface area contributed by atoms with Gasteiger partial charge in [-0.05, 0) is 52.7 Å². The maximum Gasteiger partial charge on any atom is 0.141 e. The third kappa shape index (κ3) is 3.04. The van der Waals surface area contributed by atoms with Crippen LogP contribution >= 0.6 is 27.5 Å². The first kappa shape index (κ1) is 14.4. The molecule has 0 fully saturated rings. The minimum atomic E-state index is 0.357. The van der Waals surface area contributed by atoms with Crippen molar-refractivity contribution in [2.24, 2.45) is 0 Å². The molecule has 0 aliphatic heterocycles. The third-order valence-electron chi connectivity index (χ3n) is 3.18. The summed E-state index contributed by atoms with van der Waals surface area (Å²) in [5, 5.41) is 0.971. The monoisotopic (exact) mass is 361 g/mol. The standard InChI is InChI=1S/C17H13BrClNO/c1-11-6-7-16(14(18)8-11)21-17-9-12(10-19)20-15-5-3-2-4-13(15)17/h2-9H,10H2,1H3. The Morgan fingerprint density at radius 2 is 1.90 bits per heavy atom. The topological polar surface area (TPSA) is 22.1 Å². The van der Waals surface area contributed by atoms with E-state index in [0.29, 0.717) is 5.88 Å². The molecule has 21 heavy (non-hydrogen) atoms. The zero-order valence-corrected chi connectivity index (χ0v) is 13.8. The molecular weight excluding hydrogens is 350 g/mol. The fourth-order valence-corrected chi connectivity index (χ4v) is 2.87. The molecule has 0 aliphatic carbocycles. The van der Waals surface area contributed by atoms with E-state index in [1.807, 2.05) is 55.5 Å². The lowest BCUT2D eigenvalue weighted by molar-refractivity contribution is 0.484. The molecule has 0 amide bonds. The van der Waals surface area contributed by atoms with Crippen molar-refractivity contribution in [3.05, 3.63) is 64.3 Å². The fraction of sp³-hybridized carbons (Fsp3) is 0.118. The highest BCUT2D eigenvalue weighted by molar-refractivity contribution is 9.10. The summed E-state index contributed by atoms with van der Waals surface area (Å²) < 4.78 is 7.00. The molecule has 0 radical (unpaired) electrons. The van der Waals surface area contributed by atoms with E-state index in [0.717, 1.165) is 32.6 Å². The largest absolute Gasteiger partial charge is 0.455 e. The number of aromatic nitrogens is 1. The number of halogens is 2. The second kappa shape index (κ2) is 6.04. The van der Waals surface area contributed by atoms with E-state index in [1.165, 1.54) is 5.56 Å². The zero-order chi connectivity index (χ0) is 14.8. The number of hydrogen-bond acceptors (Lipinski definition) is 2. The Kier molecular flexibility index (Phi) is 4.13. The van der Waals surface area contributed by atoms with Gasteiger partial charge in [-0.15, -0.1) is 11.6 Å². The Bertz CT molecular complexity index is 804. The summed E-state index contributed by atoms with van der Waals surface area (Å²) in [6.07, 6.45) is 0. The van der Waals surface area contributed by atoms with Gasteiger partial charge in [0.1, 0.15) is 11.5 Å². The van der Waals surface area contributed by atoms with Gasteiger partial charge in [-0.1, -0.05) is 18.2 Å². The number of nitrogens with zero attached hydrogens (tertiary/aromatic N) is 1. The summed E-state index contributed by atoms with van der Waals surface area (Å²) in [4.78, 5) is 4.51. The van der Waals surface area contributed by atoms with Gasteiger partial charge >= 0.3 is 0 Å². The highest BCUT2D eigenvalue weighted by atomic mass is 79.9. The number of fused-ring (bicyclic) bond motifs is 1. The normalized spacial score (nSPS) is 10.8. The average molecular weight is 363 g/mol. The van der Waals surface area contributed by atoms with Crippen LogP contribution in [-0.4, -0.2) is 4.98 Å². The average Bonchev–Trinajstić information content (AvgIpc) is 2.49. The van der Waals surface area contributed by atoms with Crippen LogP contribution in [0.5, 0.6) is 11.5 Å². The molecule has 0 unspecified atom stereocenters. The maximum absolute atomic E-state index is 6.07. The van der Waals surface area contributed by atoms with Crippen molar-refractivity contribution in [3.63, 3.8) is 0 Å². The lowest BCUT2D eigenvalue weighted by atomic mass is 10.2. The first-order valence-electron chi connectivity index (χ1n) is 6.56. The minimum Gasteiger partial charge on any atom is -0.455 e. The Morgan fingerprint density at radius 3 is 2.67 bits per heavy atom. The lowest BCUT2D eigenvalue weighted by Crippen LogP contribution is -1.93. The molecule has 0 aliphatic rings. The number of benzene rings is 2. The number of rotatable bonds is 3. The van der Waals surface area contributed by atoms with Gasteiger partial charge in [-0.2, -0.15) is 0 Å². The van der Waals surface area contributed by atoms with Gasteiger partial charge in [-0.3, -0.25) is 4.98 Å². The number of para-hydroxylation sites is 1. The van der Waals surface area contributed by atoms with Crippen LogP contribution in [0.1, 0.15) is 11.3 Å². The molecule has 3 rings (SSSR count). The van der Waals surface area contributed by atoms with Crippen LogP contribution in [0.25, 0.3) is 10.9 Å². The van der Waals surface area contributed by atoms with Gasteiger partial charge in [0.2, 0.25) is 0 Å². The number of alkyl halides is 1. The molecule has 0 N–H and O–H groups in total. The Hall–Kier alpha value is -1.58. The van der Waals surface area contributed by atoms with Gasteiger partial charge in [-0.25, -0.2) is 0 Å². The predicted octanol–water partition coefficient (Wildman–Crippen LogP) is 5.84. The van der Waals surface area contributed by atoms with E-state index in [2.05, 4.69) is 20.9 Å². The smallest absolute Gasteiger partial charge is 0.141 e. The maximum atomic E-state index is 6.07. The van der Waals surface area contributed by atoms with Gasteiger partial charge in [0.25, 0.3) is 0 Å². The van der Waals surface area contributed by atoms with Crippen LogP contribution in [0.3, 0.4) is 0 Å². The summed E-state index contributed by atoms with van der Waals surface area (Å²) in [6.45, 7) is 2.04. The van der Waals surface area contributed by atoms with Gasteiger partial charge in [0, 0.05) is 11.5 Å². The summed E-state index contributed by atoms with van der Waals surface area (Å²) >= 11 is 9.46. The van der Waals surface area contributed by atoms with Crippen molar-refractivity contribution in [2.75, 3.05) is 0 Å². The van der Waals surface area contributed by atoms with Gasteiger partial charge in [0.05, 0.1) is 21.6 Å². The molecule has 0 saturated carbocycles. The van der Waals surface area contributed by atoms with E-state index in [9.17, 15) is 0 Å². The van der Waals surface area contributed by atoms with Crippen molar-refractivity contribution in [1.29, 1.82) is 0 Å². The van der Waals surface area contributed by atoms with Crippen LogP contribution < -0.4 is 4.74 Å². The van der Waals surface area contributed by atoms with Crippen molar-refractivity contribution >= 4 is 38.4 Å². The molecule has 1 aromatic heterocycles. The Morgan fingerprint density at radius 1 is 1.10 bits per heavy atom. The highest BCUT2D eigenvalue weighted by Crippen LogP contribution is 2.34. The van der Waals surface area contributed by atoms with Crippen molar-refractivity contribution in [1.82, 2.24) is 4.98 Å². The first-order valence-corrected chi connectivity index (χ1v) is 7.89. The molecule has 0 spiro atoms. The number of pyridine rings is 1. The first-order chi connectivity index (χ1) is 10.2. The Labute approximate surface area is 136 Å². The summed E-state index contributed by atoms with van der Waals surface area (Å²) in [7, 11) is 0. The van der Waals surface area contributed by atoms with Crippen LogP contribution in [0.4, 0.5) is 0 Å². The molecular formula is C17H13BrClNO. The number of ether oxygens (including phenoxy) is 1. The zero-order valence-electron chi connectivity index (χ0n) is 11.4. The Balaban J connectivity index is 2.10. The fourth-order valence-electron chi connectivity index (χ4n) is 2.16.